The van der Waals surface area contributed by atoms with Gasteiger partial charge in [-0.3, -0.25) is 5.10 Å². The summed E-state index contributed by atoms with van der Waals surface area (Å²) in [7, 11) is 0. The molecule has 0 spiro atoms. The number of aryl methyl sites for hydroxylation is 1. The van der Waals surface area contributed by atoms with E-state index in [-0.39, 0.29) is 5.75 Å². The number of hydrogen-bond donors (Lipinski definition) is 2. The summed E-state index contributed by atoms with van der Waals surface area (Å²) >= 11 is 0. The third kappa shape index (κ3) is 2.36. The number of aromatic hydroxyl groups is 1. The van der Waals surface area contributed by atoms with Crippen LogP contribution < -0.4 is 0 Å². The molecule has 3 rings (SSSR count). The van der Waals surface area contributed by atoms with E-state index in [9.17, 15) is 5.11 Å². The number of benzene rings is 2. The first-order valence-corrected chi connectivity index (χ1v) is 6.14. The van der Waals surface area contributed by atoms with E-state index in [2.05, 4.69) is 41.4 Å². The minimum Gasteiger partial charge on any atom is -0.508 e. The van der Waals surface area contributed by atoms with Crippen molar-refractivity contribution < 1.29 is 5.11 Å². The minimum absolute atomic E-state index is 0.262. The van der Waals surface area contributed by atoms with Crippen molar-refractivity contribution in [2.45, 2.75) is 6.92 Å². The normalized spacial score (nSPS) is 10.6. The van der Waals surface area contributed by atoms with Crippen LogP contribution in [0.1, 0.15) is 5.56 Å². The third-order valence-electron chi connectivity index (χ3n) is 3.10. The maximum absolute atomic E-state index is 9.28. The number of nitrogens with zero attached hydrogens (tertiary/aromatic N) is 1. The highest BCUT2D eigenvalue weighted by atomic mass is 16.3. The first-order chi connectivity index (χ1) is 9.22. The lowest BCUT2D eigenvalue weighted by molar-refractivity contribution is 0.475. The van der Waals surface area contributed by atoms with Crippen LogP contribution in [0.4, 0.5) is 0 Å². The van der Waals surface area contributed by atoms with Gasteiger partial charge >= 0.3 is 0 Å². The Bertz CT molecular complexity index is 622. The highest BCUT2D eigenvalue weighted by Gasteiger charge is 2.05. The maximum atomic E-state index is 9.28. The van der Waals surface area contributed by atoms with E-state index < -0.39 is 0 Å². The Morgan fingerprint density at radius 1 is 0.895 bits per heavy atom. The number of phenolic OH excluding ortho intramolecular Hbond substituents is 1. The van der Waals surface area contributed by atoms with Gasteiger partial charge in [-0.25, -0.2) is 0 Å². The van der Waals surface area contributed by atoms with Gasteiger partial charge in [0.05, 0.1) is 11.4 Å². The van der Waals surface area contributed by atoms with E-state index in [1.165, 1.54) is 5.56 Å². The van der Waals surface area contributed by atoms with Crippen LogP contribution >= 0.6 is 0 Å². The molecule has 2 aromatic carbocycles. The van der Waals surface area contributed by atoms with E-state index >= 15 is 0 Å². The van der Waals surface area contributed by atoms with Gasteiger partial charge in [-0.15, -0.1) is 0 Å². The standard InChI is InChI=1S/C16H14N2O/c1-11-2-4-12(5-3-11)15-10-16(18-17-15)13-6-8-14(19)9-7-13/h2-10,19H,1H3,(H,17,18). The number of aromatic amines is 1. The molecule has 3 aromatic rings. The van der Waals surface area contributed by atoms with Gasteiger partial charge in [0.25, 0.3) is 0 Å². The molecular weight excluding hydrogens is 236 g/mol. The van der Waals surface area contributed by atoms with Crippen molar-refractivity contribution in [1.29, 1.82) is 0 Å². The molecule has 0 unspecified atom stereocenters. The van der Waals surface area contributed by atoms with Gasteiger partial charge in [0.2, 0.25) is 0 Å². The van der Waals surface area contributed by atoms with Gasteiger partial charge in [-0.1, -0.05) is 29.8 Å². The molecule has 0 bridgehead atoms. The van der Waals surface area contributed by atoms with Gasteiger partial charge in [0.15, 0.2) is 0 Å². The molecule has 0 radical (unpaired) electrons. The number of nitrogens with one attached hydrogen (secondary N) is 1. The van der Waals surface area contributed by atoms with Gasteiger partial charge in [0.1, 0.15) is 5.75 Å². The van der Waals surface area contributed by atoms with Gasteiger partial charge in [-0.2, -0.15) is 5.10 Å². The predicted molar refractivity (Wildman–Crippen MR) is 75.9 cm³/mol. The van der Waals surface area contributed by atoms with Crippen molar-refractivity contribution >= 4 is 0 Å². The molecule has 2 N–H and O–H groups in total. The molecule has 0 saturated heterocycles. The van der Waals surface area contributed by atoms with Gasteiger partial charge in [-0.05, 0) is 42.8 Å². The van der Waals surface area contributed by atoms with Crippen LogP contribution in [0.25, 0.3) is 22.5 Å². The van der Waals surface area contributed by atoms with Crippen LogP contribution in [0.2, 0.25) is 0 Å². The molecule has 19 heavy (non-hydrogen) atoms. The quantitative estimate of drug-likeness (QED) is 0.727. The van der Waals surface area contributed by atoms with E-state index in [1.807, 2.05) is 18.2 Å². The zero-order chi connectivity index (χ0) is 13.2. The average Bonchev–Trinajstić information content (AvgIpc) is 2.90. The molecule has 1 aromatic heterocycles. The predicted octanol–water partition coefficient (Wildman–Crippen LogP) is 3.76. The molecule has 94 valence electrons. The van der Waals surface area contributed by atoms with E-state index in [4.69, 9.17) is 0 Å². The van der Waals surface area contributed by atoms with Crippen LogP contribution in [0, 0.1) is 6.92 Å². The van der Waals surface area contributed by atoms with Crippen molar-refractivity contribution in [3.63, 3.8) is 0 Å². The molecule has 0 saturated carbocycles. The Morgan fingerprint density at radius 3 is 2.21 bits per heavy atom. The molecule has 0 aliphatic rings. The highest BCUT2D eigenvalue weighted by Crippen LogP contribution is 2.25. The van der Waals surface area contributed by atoms with Crippen LogP contribution in [-0.2, 0) is 0 Å². The highest BCUT2D eigenvalue weighted by molar-refractivity contribution is 5.68. The van der Waals surface area contributed by atoms with Crippen molar-refractivity contribution in [2.24, 2.45) is 0 Å². The fraction of sp³-hybridized carbons (Fsp3) is 0.0625. The lowest BCUT2D eigenvalue weighted by Gasteiger charge is -1.97. The second-order valence-electron chi connectivity index (χ2n) is 4.58. The molecular formula is C16H14N2O. The Hall–Kier alpha value is -2.55. The minimum atomic E-state index is 0.262. The average molecular weight is 250 g/mol. The Morgan fingerprint density at radius 2 is 1.53 bits per heavy atom. The summed E-state index contributed by atoms with van der Waals surface area (Å²) in [6.45, 7) is 2.07. The fourth-order valence-electron chi connectivity index (χ4n) is 1.98. The molecule has 3 heteroatoms. The molecule has 0 aliphatic carbocycles. The Labute approximate surface area is 111 Å². The molecule has 3 nitrogen and oxygen atoms in total. The number of H-pyrrole nitrogens is 1. The first-order valence-electron chi connectivity index (χ1n) is 6.14. The van der Waals surface area contributed by atoms with E-state index in [0.717, 1.165) is 22.5 Å². The number of phenols is 1. The fourth-order valence-corrected chi connectivity index (χ4v) is 1.98. The van der Waals surface area contributed by atoms with E-state index in [0.29, 0.717) is 0 Å². The molecule has 0 amide bonds. The number of hydrogen-bond acceptors (Lipinski definition) is 2. The second kappa shape index (κ2) is 4.61. The smallest absolute Gasteiger partial charge is 0.115 e. The third-order valence-corrected chi connectivity index (χ3v) is 3.10. The Balaban J connectivity index is 1.95. The summed E-state index contributed by atoms with van der Waals surface area (Å²) < 4.78 is 0. The van der Waals surface area contributed by atoms with Gasteiger partial charge in [0, 0.05) is 5.56 Å². The molecule has 0 fully saturated rings. The van der Waals surface area contributed by atoms with Crippen molar-refractivity contribution in [1.82, 2.24) is 10.2 Å². The van der Waals surface area contributed by atoms with E-state index in [1.54, 1.807) is 12.1 Å². The lowest BCUT2D eigenvalue weighted by Crippen LogP contribution is -1.78. The van der Waals surface area contributed by atoms with Gasteiger partial charge < -0.3 is 5.11 Å². The summed E-state index contributed by atoms with van der Waals surface area (Å²) in [4.78, 5) is 0. The SMILES string of the molecule is Cc1ccc(-c2cc(-c3ccc(O)cc3)n[nH]2)cc1. The number of aromatic nitrogens is 2. The summed E-state index contributed by atoms with van der Waals surface area (Å²) in [6.07, 6.45) is 0. The van der Waals surface area contributed by atoms with Crippen LogP contribution in [0.3, 0.4) is 0 Å². The van der Waals surface area contributed by atoms with Crippen LogP contribution in [0.15, 0.2) is 54.6 Å². The van der Waals surface area contributed by atoms with Crippen molar-refractivity contribution in [3.05, 3.63) is 60.2 Å². The topological polar surface area (TPSA) is 48.9 Å². The molecule has 1 heterocycles. The van der Waals surface area contributed by atoms with Crippen molar-refractivity contribution in [2.75, 3.05) is 0 Å². The Kier molecular flexibility index (Phi) is 2.80. The monoisotopic (exact) mass is 250 g/mol. The van der Waals surface area contributed by atoms with Crippen molar-refractivity contribution in [3.8, 4) is 28.3 Å². The maximum Gasteiger partial charge on any atom is 0.115 e. The summed E-state index contributed by atoms with van der Waals surface area (Å²) in [5.41, 5.74) is 5.19. The molecule has 0 aliphatic heterocycles. The molecule has 0 atom stereocenters. The summed E-state index contributed by atoms with van der Waals surface area (Å²) in [6, 6.07) is 17.3. The van der Waals surface area contributed by atoms with Crippen LogP contribution in [0.5, 0.6) is 5.75 Å². The largest absolute Gasteiger partial charge is 0.508 e. The summed E-state index contributed by atoms with van der Waals surface area (Å²) in [5.74, 6) is 0.262. The zero-order valence-electron chi connectivity index (χ0n) is 10.6. The first kappa shape index (κ1) is 11.5. The second-order valence-corrected chi connectivity index (χ2v) is 4.58. The summed E-state index contributed by atoms with van der Waals surface area (Å²) in [5, 5.41) is 16.6. The van der Waals surface area contributed by atoms with Crippen LogP contribution in [-0.4, -0.2) is 15.3 Å². The zero-order valence-corrected chi connectivity index (χ0v) is 10.6. The number of rotatable bonds is 2. The lowest BCUT2D eigenvalue weighted by atomic mass is 10.1.